The Balaban J connectivity index is 1.77. The first kappa shape index (κ1) is 26.3. The highest BCUT2D eigenvalue weighted by Gasteiger charge is 2.27. The van der Waals surface area contributed by atoms with Crippen LogP contribution in [0.15, 0.2) is 24.3 Å². The van der Waals surface area contributed by atoms with Crippen LogP contribution in [0.25, 0.3) is 0 Å². The summed E-state index contributed by atoms with van der Waals surface area (Å²) in [5, 5.41) is 3.86. The van der Waals surface area contributed by atoms with Gasteiger partial charge in [0.1, 0.15) is 12.4 Å². The Morgan fingerprint density at radius 2 is 1.76 bits per heavy atom. The van der Waals surface area contributed by atoms with Crippen molar-refractivity contribution in [2.45, 2.75) is 64.8 Å². The molecule has 1 N–H and O–H groups in total. The molecule has 5 nitrogen and oxygen atoms in total. The number of carbonyl (C=O) groups excluding carboxylic acids is 1. The zero-order chi connectivity index (χ0) is 24.7. The van der Waals surface area contributed by atoms with E-state index in [9.17, 15) is 9.18 Å². The first-order valence-corrected chi connectivity index (χ1v) is 12.4. The molecule has 1 atom stereocenters. The van der Waals surface area contributed by atoms with E-state index >= 15 is 0 Å². The minimum Gasteiger partial charge on any atom is -0.491 e. The standard InChI is InChI=1S/C27H35ClFNO4/c1-17(20-9-11-21(29)12-10-20)13-15-33-27-25(34-16-14-30-22-7-5-6-8-22)23(19(3)31)18(2)24(28)26(27)32-4/h9-12,17,22,30H,5-8,13-16H2,1-4H3. The van der Waals surface area contributed by atoms with Gasteiger partial charge in [-0.2, -0.15) is 0 Å². The molecule has 1 saturated carbocycles. The van der Waals surface area contributed by atoms with E-state index in [-0.39, 0.29) is 17.5 Å². The number of nitrogens with one attached hydrogen (secondary N) is 1. The highest BCUT2D eigenvalue weighted by Crippen LogP contribution is 2.48. The maximum absolute atomic E-state index is 13.2. The van der Waals surface area contributed by atoms with E-state index in [0.29, 0.717) is 65.6 Å². The number of ketones is 1. The fourth-order valence-corrected chi connectivity index (χ4v) is 4.74. The van der Waals surface area contributed by atoms with Crippen molar-refractivity contribution in [3.05, 3.63) is 51.8 Å². The summed E-state index contributed by atoms with van der Waals surface area (Å²) in [6.45, 7) is 6.75. The Bertz CT molecular complexity index is 974. The van der Waals surface area contributed by atoms with Crippen LogP contribution in [0.4, 0.5) is 4.39 Å². The number of benzene rings is 2. The van der Waals surface area contributed by atoms with Crippen molar-refractivity contribution < 1.29 is 23.4 Å². The third-order valence-corrected chi connectivity index (χ3v) is 6.93. The minimum absolute atomic E-state index is 0.148. The van der Waals surface area contributed by atoms with Crippen molar-refractivity contribution in [2.24, 2.45) is 0 Å². The molecule has 0 bridgehead atoms. The average molecular weight is 492 g/mol. The number of carbonyl (C=O) groups is 1. The van der Waals surface area contributed by atoms with Crippen LogP contribution in [0, 0.1) is 12.7 Å². The second kappa shape index (κ2) is 12.4. The molecule has 186 valence electrons. The van der Waals surface area contributed by atoms with E-state index in [4.69, 9.17) is 25.8 Å². The molecule has 1 fully saturated rings. The number of hydrogen-bond acceptors (Lipinski definition) is 5. The molecule has 1 unspecified atom stereocenters. The predicted octanol–water partition coefficient (Wildman–Crippen LogP) is 6.48. The van der Waals surface area contributed by atoms with Crippen LogP contribution >= 0.6 is 11.6 Å². The normalized spacial score (nSPS) is 14.8. The lowest BCUT2D eigenvalue weighted by molar-refractivity contribution is 0.101. The summed E-state index contributed by atoms with van der Waals surface area (Å²) in [5.41, 5.74) is 2.04. The highest BCUT2D eigenvalue weighted by atomic mass is 35.5. The lowest BCUT2D eigenvalue weighted by atomic mass is 9.98. The summed E-state index contributed by atoms with van der Waals surface area (Å²) in [7, 11) is 1.52. The van der Waals surface area contributed by atoms with Crippen LogP contribution in [0.1, 0.15) is 73.4 Å². The van der Waals surface area contributed by atoms with Crippen molar-refractivity contribution in [1.29, 1.82) is 0 Å². The van der Waals surface area contributed by atoms with Gasteiger partial charge in [0, 0.05) is 12.6 Å². The number of halogens is 2. The van der Waals surface area contributed by atoms with Crippen molar-refractivity contribution in [1.82, 2.24) is 5.32 Å². The monoisotopic (exact) mass is 491 g/mol. The van der Waals surface area contributed by atoms with Crippen molar-refractivity contribution in [3.8, 4) is 17.2 Å². The van der Waals surface area contributed by atoms with Crippen LogP contribution in [0.5, 0.6) is 17.2 Å². The summed E-state index contributed by atoms with van der Waals surface area (Å²) in [4.78, 5) is 12.5. The van der Waals surface area contributed by atoms with E-state index in [1.807, 2.05) is 0 Å². The maximum Gasteiger partial charge on any atom is 0.205 e. The van der Waals surface area contributed by atoms with Crippen LogP contribution in [0.3, 0.4) is 0 Å². The van der Waals surface area contributed by atoms with E-state index in [1.54, 1.807) is 19.1 Å². The second-order valence-electron chi connectivity index (χ2n) is 8.94. The third kappa shape index (κ3) is 6.42. The van der Waals surface area contributed by atoms with Crippen molar-refractivity contribution >= 4 is 17.4 Å². The van der Waals surface area contributed by atoms with Gasteiger partial charge in [0.25, 0.3) is 0 Å². The molecule has 3 rings (SSSR count). The van der Waals surface area contributed by atoms with Gasteiger partial charge in [-0.15, -0.1) is 0 Å². The zero-order valence-corrected chi connectivity index (χ0v) is 21.3. The predicted molar refractivity (Wildman–Crippen MR) is 133 cm³/mol. The van der Waals surface area contributed by atoms with E-state index < -0.39 is 0 Å². The molecule has 0 aromatic heterocycles. The average Bonchev–Trinajstić information content (AvgIpc) is 3.33. The first-order valence-electron chi connectivity index (χ1n) is 12.0. The molecule has 0 aliphatic heterocycles. The smallest absolute Gasteiger partial charge is 0.205 e. The van der Waals surface area contributed by atoms with E-state index in [2.05, 4.69) is 12.2 Å². The molecular weight excluding hydrogens is 457 g/mol. The molecular formula is C27H35ClFNO4. The molecule has 0 radical (unpaired) electrons. The molecule has 1 aliphatic carbocycles. The molecule has 0 heterocycles. The largest absolute Gasteiger partial charge is 0.491 e. The van der Waals surface area contributed by atoms with Crippen molar-refractivity contribution in [3.63, 3.8) is 0 Å². The van der Waals surface area contributed by atoms with Crippen LogP contribution < -0.4 is 19.5 Å². The van der Waals surface area contributed by atoms with Gasteiger partial charge in [-0.25, -0.2) is 4.39 Å². The third-order valence-electron chi connectivity index (χ3n) is 6.47. The van der Waals surface area contributed by atoms with Gasteiger partial charge >= 0.3 is 0 Å². The number of Topliss-reactive ketones (excluding diaryl/α,β-unsaturated/α-hetero) is 1. The molecule has 2 aromatic carbocycles. The lowest BCUT2D eigenvalue weighted by Gasteiger charge is -2.22. The Labute approximate surface area is 206 Å². The topological polar surface area (TPSA) is 56.8 Å². The Kier molecular flexibility index (Phi) is 9.60. The first-order chi connectivity index (χ1) is 16.3. The maximum atomic E-state index is 13.2. The van der Waals surface area contributed by atoms with Crippen LogP contribution in [-0.4, -0.2) is 38.7 Å². The van der Waals surface area contributed by atoms with Crippen LogP contribution in [-0.2, 0) is 0 Å². The molecule has 7 heteroatoms. The minimum atomic E-state index is -0.257. The quantitative estimate of drug-likeness (QED) is 0.272. The summed E-state index contributed by atoms with van der Waals surface area (Å²) in [6, 6.07) is 7.01. The molecule has 0 spiro atoms. The van der Waals surface area contributed by atoms with Gasteiger partial charge in [0.05, 0.1) is 24.3 Å². The fourth-order valence-electron chi connectivity index (χ4n) is 4.48. The number of methoxy groups -OCH3 is 1. The van der Waals surface area contributed by atoms with Gasteiger partial charge in [0.2, 0.25) is 5.75 Å². The Morgan fingerprint density at radius 1 is 1.12 bits per heavy atom. The molecule has 0 saturated heterocycles. The molecule has 1 aliphatic rings. The van der Waals surface area contributed by atoms with Gasteiger partial charge in [-0.05, 0) is 62.3 Å². The molecule has 0 amide bonds. The SMILES string of the molecule is COc1c(Cl)c(C)c(C(C)=O)c(OCCNC2CCCC2)c1OCCC(C)c1ccc(F)cc1. The molecule has 34 heavy (non-hydrogen) atoms. The zero-order valence-electron chi connectivity index (χ0n) is 20.5. The highest BCUT2D eigenvalue weighted by molar-refractivity contribution is 6.34. The number of ether oxygens (including phenoxy) is 3. The number of hydrogen-bond donors (Lipinski definition) is 1. The lowest BCUT2D eigenvalue weighted by Crippen LogP contribution is -2.30. The van der Waals surface area contributed by atoms with E-state index in [0.717, 1.165) is 5.56 Å². The van der Waals surface area contributed by atoms with Gasteiger partial charge in [-0.3, -0.25) is 4.79 Å². The number of rotatable bonds is 12. The molecule has 2 aromatic rings. The second-order valence-corrected chi connectivity index (χ2v) is 9.31. The Hall–Kier alpha value is -2.31. The summed E-state index contributed by atoms with van der Waals surface area (Å²) in [6.07, 6.45) is 5.57. The van der Waals surface area contributed by atoms with Gasteiger partial charge in [-0.1, -0.05) is 43.5 Å². The van der Waals surface area contributed by atoms with Crippen LogP contribution in [0.2, 0.25) is 5.02 Å². The fraction of sp³-hybridized carbons (Fsp3) is 0.519. The van der Waals surface area contributed by atoms with Gasteiger partial charge in [0.15, 0.2) is 17.3 Å². The van der Waals surface area contributed by atoms with Crippen molar-refractivity contribution in [2.75, 3.05) is 26.9 Å². The van der Waals surface area contributed by atoms with E-state index in [1.165, 1.54) is 51.8 Å². The summed E-state index contributed by atoms with van der Waals surface area (Å²) >= 11 is 6.56. The summed E-state index contributed by atoms with van der Waals surface area (Å²) < 4.78 is 31.1. The summed E-state index contributed by atoms with van der Waals surface area (Å²) in [5.74, 6) is 0.819. The Morgan fingerprint density at radius 3 is 2.38 bits per heavy atom. The van der Waals surface area contributed by atoms with Gasteiger partial charge < -0.3 is 19.5 Å².